The number of hydrogen-bond donors (Lipinski definition) is 0. The molecule has 134 valence electrons. The van der Waals surface area contributed by atoms with Crippen LogP contribution in [0.25, 0.3) is 0 Å². The smallest absolute Gasteiger partial charge is 0.159 e. The van der Waals surface area contributed by atoms with E-state index in [1.807, 2.05) is 12.1 Å². The summed E-state index contributed by atoms with van der Waals surface area (Å²) in [6, 6.07) is 6.54. The van der Waals surface area contributed by atoms with Gasteiger partial charge >= 0.3 is 0 Å². The van der Waals surface area contributed by atoms with Crippen LogP contribution in [0.1, 0.15) is 62.5 Å². The number of hydrogen-bond acceptors (Lipinski definition) is 0. The molecule has 24 heavy (non-hydrogen) atoms. The number of aryl methyl sites for hydroxylation is 2. The van der Waals surface area contributed by atoms with E-state index >= 15 is 0 Å². The summed E-state index contributed by atoms with van der Waals surface area (Å²) < 4.78 is 13.9. The molecular weight excluding hydrogens is 358 g/mol. The second-order valence-electron chi connectivity index (χ2n) is 8.02. The van der Waals surface area contributed by atoms with E-state index in [2.05, 4.69) is 0 Å². The highest BCUT2D eigenvalue weighted by Gasteiger charge is 2.42. The molecule has 0 nitrogen and oxygen atoms in total. The van der Waals surface area contributed by atoms with Gasteiger partial charge in [-0.3, -0.25) is 0 Å². The highest BCUT2D eigenvalue weighted by atomic mass is 35.6. The molecule has 2 aliphatic rings. The fourth-order valence-corrected chi connectivity index (χ4v) is 10.6. The predicted molar refractivity (Wildman–Crippen MR) is 105 cm³/mol. The van der Waals surface area contributed by atoms with Gasteiger partial charge in [0.1, 0.15) is 5.82 Å². The first kappa shape index (κ1) is 18.7. The Labute approximate surface area is 156 Å². The summed E-state index contributed by atoms with van der Waals surface area (Å²) in [7, 11) is -1.47. The van der Waals surface area contributed by atoms with Gasteiger partial charge in [0.2, 0.25) is 0 Å². The van der Waals surface area contributed by atoms with Crippen molar-refractivity contribution < 1.29 is 4.39 Å². The zero-order valence-electron chi connectivity index (χ0n) is 14.7. The number of halogens is 3. The molecule has 0 atom stereocenters. The summed E-state index contributed by atoms with van der Waals surface area (Å²) in [5, 5.41) is 0.331. The Balaban J connectivity index is 1.50. The molecule has 0 amide bonds. The molecule has 0 N–H and O–H groups in total. The van der Waals surface area contributed by atoms with Crippen LogP contribution in [0.5, 0.6) is 0 Å². The van der Waals surface area contributed by atoms with Crippen molar-refractivity contribution >= 4 is 30.1 Å². The SMILES string of the molecule is Cc1ccc(CC[C@H]2CC[C@H]([Si]3(Cl)CCCCC3)CC2)c(Cl)c1F. The van der Waals surface area contributed by atoms with Crippen LogP contribution in [0, 0.1) is 18.7 Å². The van der Waals surface area contributed by atoms with E-state index in [9.17, 15) is 4.39 Å². The van der Waals surface area contributed by atoms with Crippen LogP contribution in [-0.4, -0.2) is 7.38 Å². The summed E-state index contributed by atoms with van der Waals surface area (Å²) in [6.07, 6.45) is 11.4. The van der Waals surface area contributed by atoms with Crippen molar-refractivity contribution in [1.82, 2.24) is 0 Å². The third-order valence-corrected chi connectivity index (χ3v) is 13.3. The molecule has 0 unspecified atom stereocenters. The third kappa shape index (κ3) is 4.19. The average molecular weight is 387 g/mol. The summed E-state index contributed by atoms with van der Waals surface area (Å²) in [6.45, 7) is 1.77. The Kier molecular flexibility index (Phi) is 6.32. The molecule has 1 heterocycles. The molecule has 1 aliphatic heterocycles. The molecule has 0 aromatic heterocycles. The number of rotatable bonds is 4. The van der Waals surface area contributed by atoms with Crippen molar-refractivity contribution in [1.29, 1.82) is 0 Å². The quantitative estimate of drug-likeness (QED) is 0.368. The van der Waals surface area contributed by atoms with Crippen LogP contribution in [0.2, 0.25) is 22.7 Å². The molecule has 0 bridgehead atoms. The van der Waals surface area contributed by atoms with Gasteiger partial charge in [-0.05, 0) is 54.4 Å². The second-order valence-corrected chi connectivity index (χ2v) is 14.5. The molecule has 3 rings (SSSR count). The minimum absolute atomic E-state index is 0.245. The van der Waals surface area contributed by atoms with Crippen LogP contribution in [-0.2, 0) is 6.42 Å². The Bertz CT molecular complexity index is 561. The normalized spacial score (nSPS) is 27.2. The van der Waals surface area contributed by atoms with Crippen molar-refractivity contribution in [2.75, 3.05) is 0 Å². The lowest BCUT2D eigenvalue weighted by atomic mass is 9.85. The van der Waals surface area contributed by atoms with Gasteiger partial charge in [0, 0.05) is 0 Å². The molecule has 1 aliphatic carbocycles. The molecule has 0 spiro atoms. The van der Waals surface area contributed by atoms with E-state index in [4.69, 9.17) is 22.7 Å². The molecular formula is C20H29Cl2FSi. The van der Waals surface area contributed by atoms with Crippen molar-refractivity contribution in [2.24, 2.45) is 5.92 Å². The zero-order chi connectivity index (χ0) is 17.2. The van der Waals surface area contributed by atoms with Gasteiger partial charge in [-0.2, -0.15) is 11.1 Å². The van der Waals surface area contributed by atoms with Gasteiger partial charge in [-0.25, -0.2) is 4.39 Å². The molecule has 1 saturated carbocycles. The fraction of sp³-hybridized carbons (Fsp3) is 0.700. The Morgan fingerprint density at radius 3 is 2.42 bits per heavy atom. The van der Waals surface area contributed by atoms with Crippen LogP contribution >= 0.6 is 22.7 Å². The van der Waals surface area contributed by atoms with Crippen LogP contribution < -0.4 is 0 Å². The van der Waals surface area contributed by atoms with Crippen LogP contribution in [0.15, 0.2) is 12.1 Å². The summed E-state index contributed by atoms with van der Waals surface area (Å²) in [5.74, 6) is 0.518. The maximum Gasteiger partial charge on any atom is 0.159 e. The number of benzene rings is 1. The van der Waals surface area contributed by atoms with Gasteiger partial charge in [-0.15, -0.1) is 0 Å². The maximum atomic E-state index is 13.9. The van der Waals surface area contributed by atoms with Crippen LogP contribution in [0.3, 0.4) is 0 Å². The van der Waals surface area contributed by atoms with Gasteiger partial charge in [0.05, 0.1) is 5.02 Å². The first-order valence-corrected chi connectivity index (χ1v) is 13.5. The van der Waals surface area contributed by atoms with E-state index in [-0.39, 0.29) is 5.82 Å². The highest BCUT2D eigenvalue weighted by molar-refractivity contribution is 7.21. The van der Waals surface area contributed by atoms with Gasteiger partial charge in [0.15, 0.2) is 7.38 Å². The van der Waals surface area contributed by atoms with Gasteiger partial charge in [-0.1, -0.05) is 68.7 Å². The van der Waals surface area contributed by atoms with Gasteiger partial charge in [0.25, 0.3) is 0 Å². The Hall–Kier alpha value is -0.0531. The van der Waals surface area contributed by atoms with Crippen molar-refractivity contribution in [3.8, 4) is 0 Å². The van der Waals surface area contributed by atoms with E-state index in [1.54, 1.807) is 6.92 Å². The maximum absolute atomic E-state index is 13.9. The molecule has 1 aromatic carbocycles. The summed E-state index contributed by atoms with van der Waals surface area (Å²) >= 11 is 13.3. The molecule has 1 aromatic rings. The van der Waals surface area contributed by atoms with Crippen molar-refractivity contribution in [3.63, 3.8) is 0 Å². The van der Waals surface area contributed by atoms with Crippen LogP contribution in [0.4, 0.5) is 4.39 Å². The molecule has 1 saturated heterocycles. The predicted octanol–water partition coefficient (Wildman–Crippen LogP) is 7.65. The molecule has 4 heteroatoms. The largest absolute Gasteiger partial charge is 0.205 e. The lowest BCUT2D eigenvalue weighted by Gasteiger charge is -2.40. The molecule has 0 radical (unpaired) electrons. The minimum Gasteiger partial charge on any atom is -0.205 e. The first-order chi connectivity index (χ1) is 11.5. The monoisotopic (exact) mass is 386 g/mol. The summed E-state index contributed by atoms with van der Waals surface area (Å²) in [5.41, 5.74) is 2.45. The zero-order valence-corrected chi connectivity index (χ0v) is 17.2. The minimum atomic E-state index is -1.47. The average Bonchev–Trinajstić information content (AvgIpc) is 2.60. The third-order valence-electron chi connectivity index (χ3n) is 6.44. The lowest BCUT2D eigenvalue weighted by Crippen LogP contribution is -2.37. The van der Waals surface area contributed by atoms with Crippen molar-refractivity contribution in [3.05, 3.63) is 34.1 Å². The Morgan fingerprint density at radius 2 is 1.75 bits per heavy atom. The summed E-state index contributed by atoms with van der Waals surface area (Å²) in [4.78, 5) is 0. The van der Waals surface area contributed by atoms with E-state index in [0.717, 1.165) is 29.9 Å². The van der Waals surface area contributed by atoms with E-state index in [0.29, 0.717) is 10.6 Å². The lowest BCUT2D eigenvalue weighted by molar-refractivity contribution is 0.334. The Morgan fingerprint density at radius 1 is 1.08 bits per heavy atom. The van der Waals surface area contributed by atoms with Gasteiger partial charge < -0.3 is 0 Å². The fourth-order valence-electron chi connectivity index (χ4n) is 4.75. The van der Waals surface area contributed by atoms with Crippen molar-refractivity contribution in [2.45, 2.75) is 82.3 Å². The standard InChI is InChI=1S/C20H29Cl2FSi/c1-15-5-9-17(19(21)20(15)23)10-6-16-7-11-18(12-8-16)24(22)13-3-2-4-14-24/h5,9,16,18H,2-4,6-8,10-14H2,1H3/t16-,18-. The first-order valence-electron chi connectivity index (χ1n) is 9.62. The topological polar surface area (TPSA) is 0 Å². The van der Waals surface area contributed by atoms with E-state index in [1.165, 1.54) is 57.0 Å². The second kappa shape index (κ2) is 8.10. The molecule has 2 fully saturated rings. The highest BCUT2D eigenvalue weighted by Crippen LogP contribution is 2.49. The van der Waals surface area contributed by atoms with E-state index < -0.39 is 7.38 Å².